The van der Waals surface area contributed by atoms with Crippen molar-refractivity contribution in [2.75, 3.05) is 11.4 Å². The molecular weight excluding hydrogens is 527 g/mol. The standard InChI is InChI=1S/C27H20Cl2N6O3/c28-18-12-7-13-19(29)24(18)34-26(37)23-25(27(34)38)33(32-30-23)15-22(36)35-21(17-10-5-2-6-11-17)14-20(31-35)16-8-3-1-4-9-16/h1-13,21,23,25H,14-15H2/t21-,23+,25+/m0/s1. The molecule has 190 valence electrons. The van der Waals surface area contributed by atoms with Crippen molar-refractivity contribution in [1.29, 1.82) is 0 Å². The lowest BCUT2D eigenvalue weighted by atomic mass is 9.98. The lowest BCUT2D eigenvalue weighted by molar-refractivity contribution is -0.135. The number of fused-ring (bicyclic) bond motifs is 1. The predicted molar refractivity (Wildman–Crippen MR) is 142 cm³/mol. The Balaban J connectivity index is 1.27. The molecule has 0 aliphatic carbocycles. The van der Waals surface area contributed by atoms with Crippen molar-refractivity contribution in [2.24, 2.45) is 15.4 Å². The molecule has 0 spiro atoms. The fourth-order valence-electron chi connectivity index (χ4n) is 4.97. The highest BCUT2D eigenvalue weighted by Gasteiger charge is 2.56. The fraction of sp³-hybridized carbons (Fsp3) is 0.185. The molecule has 0 bridgehead atoms. The summed E-state index contributed by atoms with van der Waals surface area (Å²) in [6, 6.07) is 21.5. The van der Waals surface area contributed by atoms with Crippen LogP contribution < -0.4 is 4.90 Å². The SMILES string of the molecule is O=C1[C@@H]2N=NN(CC(=O)N3N=C(c4ccccc4)C[C@H]3c3ccccc3)[C@H]2C(=O)N1c1c(Cl)cccc1Cl. The van der Waals surface area contributed by atoms with Crippen LogP contribution in [-0.2, 0) is 14.4 Å². The Morgan fingerprint density at radius 1 is 0.868 bits per heavy atom. The van der Waals surface area contributed by atoms with Crippen molar-refractivity contribution in [3.8, 4) is 0 Å². The van der Waals surface area contributed by atoms with Gasteiger partial charge in [0.2, 0.25) is 0 Å². The van der Waals surface area contributed by atoms with Crippen LogP contribution in [0.25, 0.3) is 0 Å². The maximum absolute atomic E-state index is 13.6. The highest BCUT2D eigenvalue weighted by Crippen LogP contribution is 2.40. The van der Waals surface area contributed by atoms with E-state index in [1.165, 1.54) is 10.0 Å². The second-order valence-electron chi connectivity index (χ2n) is 9.06. The van der Waals surface area contributed by atoms with Crippen LogP contribution in [0, 0.1) is 0 Å². The number of rotatable bonds is 5. The van der Waals surface area contributed by atoms with Gasteiger partial charge in [0.15, 0.2) is 12.1 Å². The number of nitrogens with zero attached hydrogens (tertiary/aromatic N) is 6. The van der Waals surface area contributed by atoms with E-state index >= 15 is 0 Å². The number of hydrazone groups is 1. The summed E-state index contributed by atoms with van der Waals surface area (Å²) >= 11 is 12.5. The summed E-state index contributed by atoms with van der Waals surface area (Å²) in [5.74, 6) is -1.57. The molecule has 3 aliphatic rings. The normalized spacial score (nSPS) is 22.3. The van der Waals surface area contributed by atoms with Gasteiger partial charge < -0.3 is 0 Å². The first-order valence-electron chi connectivity index (χ1n) is 11.9. The van der Waals surface area contributed by atoms with E-state index < -0.39 is 23.9 Å². The lowest BCUT2D eigenvalue weighted by Crippen LogP contribution is -2.44. The monoisotopic (exact) mass is 546 g/mol. The number of amides is 3. The second-order valence-corrected chi connectivity index (χ2v) is 9.87. The first-order valence-corrected chi connectivity index (χ1v) is 12.7. The van der Waals surface area contributed by atoms with Gasteiger partial charge >= 0.3 is 0 Å². The molecule has 0 unspecified atom stereocenters. The van der Waals surface area contributed by atoms with Crippen LogP contribution >= 0.6 is 23.2 Å². The molecule has 38 heavy (non-hydrogen) atoms. The topological polar surface area (TPSA) is 98.0 Å². The number of hydrogen-bond donors (Lipinski definition) is 0. The van der Waals surface area contributed by atoms with E-state index in [1.54, 1.807) is 18.2 Å². The van der Waals surface area contributed by atoms with Gasteiger partial charge in [-0.2, -0.15) is 10.2 Å². The summed E-state index contributed by atoms with van der Waals surface area (Å²) in [4.78, 5) is 41.1. The van der Waals surface area contributed by atoms with Gasteiger partial charge in [-0.25, -0.2) is 9.91 Å². The summed E-state index contributed by atoms with van der Waals surface area (Å²) in [5, 5.41) is 15.7. The molecule has 3 atom stereocenters. The first-order chi connectivity index (χ1) is 18.4. The number of imide groups is 1. The number of benzene rings is 3. The molecule has 3 heterocycles. The van der Waals surface area contributed by atoms with E-state index in [-0.39, 0.29) is 34.2 Å². The number of anilines is 1. The predicted octanol–water partition coefficient (Wildman–Crippen LogP) is 4.66. The van der Waals surface area contributed by atoms with Gasteiger partial charge in [0.25, 0.3) is 17.7 Å². The van der Waals surface area contributed by atoms with E-state index in [2.05, 4.69) is 15.4 Å². The van der Waals surface area contributed by atoms with Gasteiger partial charge in [0.05, 0.1) is 27.5 Å². The van der Waals surface area contributed by atoms with Gasteiger partial charge in [0.1, 0.15) is 6.54 Å². The number of halogens is 2. The van der Waals surface area contributed by atoms with Crippen LogP contribution in [0.2, 0.25) is 10.0 Å². The van der Waals surface area contributed by atoms with Crippen LogP contribution in [0.5, 0.6) is 0 Å². The molecule has 6 rings (SSSR count). The van der Waals surface area contributed by atoms with Gasteiger partial charge in [-0.05, 0) is 23.3 Å². The maximum Gasteiger partial charge on any atom is 0.264 e. The highest BCUT2D eigenvalue weighted by atomic mass is 35.5. The van der Waals surface area contributed by atoms with Crippen LogP contribution in [0.4, 0.5) is 5.69 Å². The minimum Gasteiger partial charge on any atom is -0.271 e. The first kappa shape index (κ1) is 24.3. The van der Waals surface area contributed by atoms with Gasteiger partial charge in [-0.15, -0.1) is 0 Å². The Hall–Kier alpha value is -4.08. The molecule has 0 radical (unpaired) electrons. The van der Waals surface area contributed by atoms with E-state index in [9.17, 15) is 14.4 Å². The number of carbonyl (C=O) groups excluding carboxylic acids is 3. The fourth-order valence-corrected chi connectivity index (χ4v) is 5.53. The van der Waals surface area contributed by atoms with Crippen LogP contribution in [0.3, 0.4) is 0 Å². The van der Waals surface area contributed by atoms with Crippen molar-refractivity contribution in [3.05, 3.63) is 100 Å². The molecule has 3 amide bonds. The van der Waals surface area contributed by atoms with Gasteiger partial charge in [-0.3, -0.25) is 19.4 Å². The molecule has 3 aromatic carbocycles. The summed E-state index contributed by atoms with van der Waals surface area (Å²) in [5.41, 5.74) is 2.74. The quantitative estimate of drug-likeness (QED) is 0.434. The molecule has 0 N–H and O–H groups in total. The maximum atomic E-state index is 13.6. The average Bonchev–Trinajstić information content (AvgIpc) is 3.62. The minimum absolute atomic E-state index is 0.0995. The number of para-hydroxylation sites is 1. The summed E-state index contributed by atoms with van der Waals surface area (Å²) in [7, 11) is 0. The Bertz CT molecular complexity index is 1480. The van der Waals surface area contributed by atoms with Crippen molar-refractivity contribution in [2.45, 2.75) is 24.5 Å². The van der Waals surface area contributed by atoms with Gasteiger partial charge in [0, 0.05) is 6.42 Å². The second kappa shape index (κ2) is 9.66. The van der Waals surface area contributed by atoms with Crippen LogP contribution in [0.1, 0.15) is 23.6 Å². The Morgan fingerprint density at radius 2 is 1.53 bits per heavy atom. The molecule has 0 aromatic heterocycles. The third-order valence-electron chi connectivity index (χ3n) is 6.77. The summed E-state index contributed by atoms with van der Waals surface area (Å²) in [6.45, 7) is -0.289. The van der Waals surface area contributed by atoms with Crippen molar-refractivity contribution >= 4 is 52.3 Å². The average molecular weight is 547 g/mol. The largest absolute Gasteiger partial charge is 0.271 e. The van der Waals surface area contributed by atoms with Crippen molar-refractivity contribution in [3.63, 3.8) is 0 Å². The summed E-state index contributed by atoms with van der Waals surface area (Å²) < 4.78 is 0. The van der Waals surface area contributed by atoms with Crippen molar-refractivity contribution < 1.29 is 14.4 Å². The molecule has 3 aromatic rings. The zero-order valence-corrected chi connectivity index (χ0v) is 21.3. The highest BCUT2D eigenvalue weighted by molar-refractivity contribution is 6.42. The third-order valence-corrected chi connectivity index (χ3v) is 7.38. The Kier molecular flexibility index (Phi) is 6.17. The Labute approximate surface area is 227 Å². The third kappa shape index (κ3) is 4.04. The minimum atomic E-state index is -1.09. The zero-order valence-electron chi connectivity index (χ0n) is 19.8. The molecular formula is C27H20Cl2N6O3. The van der Waals surface area contributed by atoms with E-state index in [0.29, 0.717) is 6.42 Å². The molecule has 3 aliphatic heterocycles. The van der Waals surface area contributed by atoms with Gasteiger partial charge in [-0.1, -0.05) is 95.2 Å². The van der Waals surface area contributed by atoms with Crippen molar-refractivity contribution in [1.82, 2.24) is 10.0 Å². The molecule has 0 saturated carbocycles. The summed E-state index contributed by atoms with van der Waals surface area (Å²) in [6.07, 6.45) is 0.531. The van der Waals surface area contributed by atoms with Crippen LogP contribution in [0.15, 0.2) is 94.3 Å². The lowest BCUT2D eigenvalue weighted by Gasteiger charge is -2.25. The number of carbonyl (C=O) groups is 3. The molecule has 9 nitrogen and oxygen atoms in total. The molecule has 11 heteroatoms. The zero-order chi connectivity index (χ0) is 26.4. The number of hydrogen-bond acceptors (Lipinski definition) is 7. The van der Waals surface area contributed by atoms with E-state index in [0.717, 1.165) is 21.7 Å². The molecule has 1 saturated heterocycles. The van der Waals surface area contributed by atoms with E-state index in [4.69, 9.17) is 23.2 Å². The van der Waals surface area contributed by atoms with E-state index in [1.807, 2.05) is 60.7 Å². The smallest absolute Gasteiger partial charge is 0.264 e. The van der Waals surface area contributed by atoms with Crippen LogP contribution in [-0.4, -0.2) is 52.1 Å². The molecule has 1 fully saturated rings. The Morgan fingerprint density at radius 3 is 2.21 bits per heavy atom.